The van der Waals surface area contributed by atoms with Gasteiger partial charge in [0.15, 0.2) is 0 Å². The summed E-state index contributed by atoms with van der Waals surface area (Å²) in [6.07, 6.45) is -1.74. The summed E-state index contributed by atoms with van der Waals surface area (Å²) in [6, 6.07) is -26.9. The third kappa shape index (κ3) is 4.16. The predicted molar refractivity (Wildman–Crippen MR) is 188 cm³/mol. The average molecular weight is 603 g/mol. The van der Waals surface area contributed by atoms with Crippen LogP contribution in [0.1, 0.15) is 55.4 Å². The average Bonchev–Trinajstić information content (AvgIpc) is 3.76. The van der Waals surface area contributed by atoms with Gasteiger partial charge in [-0.1, -0.05) is 157 Å². The fourth-order valence-electron chi connectivity index (χ4n) is 5.62. The summed E-state index contributed by atoms with van der Waals surface area (Å²) >= 11 is 0. The highest BCUT2D eigenvalue weighted by Crippen LogP contribution is 2.52. The number of rotatable bonds is 4. The molecule has 0 saturated heterocycles. The zero-order valence-electron chi connectivity index (χ0n) is 50.6. The Kier molecular flexibility index (Phi) is 2.38. The van der Waals surface area contributed by atoms with Crippen molar-refractivity contribution < 1.29 is 43.1 Å². The van der Waals surface area contributed by atoms with Crippen molar-refractivity contribution in [1.29, 1.82) is 0 Å². The Bertz CT molecular complexity index is 3740. The highest BCUT2D eigenvalue weighted by Gasteiger charge is 2.38. The lowest BCUT2D eigenvalue weighted by atomic mass is 9.76. The number of benzene rings is 7. The molecule has 2 unspecified atom stereocenters. The lowest BCUT2D eigenvalue weighted by molar-refractivity contribution is 0.272. The fourth-order valence-corrected chi connectivity index (χ4v) is 5.62. The SMILES string of the molecule is [2H]C1=C([2H])C2Oc3c([2H])c([2H])c([2H])c([2H])c3C2C(c2c3c([2H])c([2H])c([2H])c([2H])c3c(-c3c([2H])c([2H])c([2H])c([2H])c3-c3c([2H])c([2H])c(-c4c([2H])c([2H])c([2H])c([2H])c4[2H])c([2H])c3[2H])c3c([2H])c([2H])c([2H])c([2H])c23)=C1[2H]. The highest BCUT2D eigenvalue weighted by atomic mass is 16.5. The van der Waals surface area contributed by atoms with Crippen LogP contribution in [0, 0.1) is 0 Å². The molecule has 0 N–H and O–H groups in total. The molecule has 0 spiro atoms. The number of hydrogen-bond donors (Lipinski definition) is 0. The largest absolute Gasteiger partial charge is 0.485 e. The molecule has 7 aromatic carbocycles. The van der Waals surface area contributed by atoms with Gasteiger partial charge in [0.05, 0.1) is 44.3 Å². The minimum atomic E-state index is -1.74. The molecule has 1 aliphatic heterocycles. The summed E-state index contributed by atoms with van der Waals surface area (Å²) in [5.41, 5.74) is -6.74. The Morgan fingerprint density at radius 1 is 0.467 bits per heavy atom. The number of para-hydroxylation sites is 1. The van der Waals surface area contributed by atoms with Crippen molar-refractivity contribution in [1.82, 2.24) is 0 Å². The van der Waals surface area contributed by atoms with Crippen molar-refractivity contribution in [3.63, 3.8) is 0 Å². The highest BCUT2D eigenvalue weighted by molar-refractivity contribution is 6.20. The van der Waals surface area contributed by atoms with E-state index in [1.807, 2.05) is 0 Å². The first kappa shape index (κ1) is 10.2. The molecule has 9 rings (SSSR count). The standard InChI is InChI=1S/C44H30O/c1-2-13-29(14-3-1)30-25-27-31(28-26-30)32-15-4-5-16-33(32)42-34-17-6-8-19-36(34)43(37-20-9-7-18-35(37)42)39-22-12-24-41-44(39)38-21-10-11-23-40(38)45-41/h1-28,41,44H/i1D,2D,3D,4D,5D,6D,7D,8D,9D,10D,11D,12D,13D,14D,15D,16D,17D,18D,19D,20D,21D,22D,23D,24D,25D,26D,27D,28D. The molecule has 0 bridgehead atoms. The van der Waals surface area contributed by atoms with Gasteiger partial charge in [-0.15, -0.1) is 0 Å². The maximum absolute atomic E-state index is 9.53. The molecule has 0 aromatic heterocycles. The van der Waals surface area contributed by atoms with Gasteiger partial charge in [0.25, 0.3) is 0 Å². The smallest absolute Gasteiger partial charge is 0.128 e. The zero-order valence-corrected chi connectivity index (χ0v) is 22.6. The molecule has 1 heterocycles. The quantitative estimate of drug-likeness (QED) is 0.182. The van der Waals surface area contributed by atoms with E-state index in [1.54, 1.807) is 0 Å². The lowest BCUT2D eigenvalue weighted by Gasteiger charge is -2.26. The normalized spacial score (nSPS) is 26.0. The Morgan fingerprint density at radius 2 is 1.00 bits per heavy atom. The van der Waals surface area contributed by atoms with E-state index in [4.69, 9.17) is 30.8 Å². The number of fused-ring (bicyclic) bond motifs is 5. The van der Waals surface area contributed by atoms with E-state index in [0.717, 1.165) is 0 Å². The summed E-state index contributed by atoms with van der Waals surface area (Å²) in [6.45, 7) is 0. The van der Waals surface area contributed by atoms with E-state index >= 15 is 0 Å². The molecule has 0 amide bonds. The predicted octanol–water partition coefficient (Wildman–Crippen LogP) is 11.5. The second-order valence-electron chi connectivity index (χ2n) is 9.82. The first-order valence-electron chi connectivity index (χ1n) is 27.4. The summed E-state index contributed by atoms with van der Waals surface area (Å²) < 4.78 is 257. The second-order valence-corrected chi connectivity index (χ2v) is 9.82. The van der Waals surface area contributed by atoms with Crippen molar-refractivity contribution in [2.24, 2.45) is 0 Å². The van der Waals surface area contributed by atoms with Crippen LogP contribution in [0.25, 0.3) is 60.5 Å². The van der Waals surface area contributed by atoms with Crippen LogP contribution in [0.2, 0.25) is 0 Å². The van der Waals surface area contributed by atoms with Crippen LogP contribution in [-0.2, 0) is 0 Å². The lowest BCUT2D eigenvalue weighted by Crippen LogP contribution is -2.19. The molecule has 0 radical (unpaired) electrons. The van der Waals surface area contributed by atoms with Gasteiger partial charge in [0, 0.05) is 5.56 Å². The maximum atomic E-state index is 9.53. The van der Waals surface area contributed by atoms with Crippen molar-refractivity contribution in [3.8, 4) is 39.1 Å². The van der Waals surface area contributed by atoms with E-state index in [9.17, 15) is 12.3 Å². The zero-order chi connectivity index (χ0) is 54.1. The first-order valence-corrected chi connectivity index (χ1v) is 13.4. The number of ether oxygens (including phenoxy) is 1. The molecule has 1 nitrogen and oxygen atoms in total. The molecule has 2 atom stereocenters. The Hall–Kier alpha value is -5.66. The molecule has 0 fully saturated rings. The summed E-state index contributed by atoms with van der Waals surface area (Å²) in [5, 5.41) is -3.04. The van der Waals surface area contributed by atoms with Crippen LogP contribution in [0.15, 0.2) is 169 Å². The van der Waals surface area contributed by atoms with E-state index in [1.165, 1.54) is 0 Å². The van der Waals surface area contributed by atoms with Gasteiger partial charge < -0.3 is 4.74 Å². The molecular formula is C44H30O. The Morgan fingerprint density at radius 3 is 1.71 bits per heavy atom. The van der Waals surface area contributed by atoms with Crippen molar-refractivity contribution in [2.45, 2.75) is 12.0 Å². The third-order valence-electron chi connectivity index (χ3n) is 7.47. The monoisotopic (exact) mass is 602 g/mol. The molecule has 45 heavy (non-hydrogen) atoms. The van der Waals surface area contributed by atoms with Crippen LogP contribution in [-0.4, -0.2) is 6.10 Å². The number of allylic oxidation sites excluding steroid dienone is 2. The summed E-state index contributed by atoms with van der Waals surface area (Å²) in [5.74, 6) is -2.24. The maximum Gasteiger partial charge on any atom is 0.128 e. The van der Waals surface area contributed by atoms with Gasteiger partial charge in [0.1, 0.15) is 11.9 Å². The van der Waals surface area contributed by atoms with E-state index < -0.39 is 253 Å². The Balaban J connectivity index is 1.57. The molecule has 2 aliphatic rings. The fraction of sp³-hybridized carbons (Fsp3) is 0.0455. The van der Waals surface area contributed by atoms with E-state index in [-0.39, 0.29) is 5.56 Å². The molecule has 0 saturated carbocycles. The van der Waals surface area contributed by atoms with Crippen LogP contribution < -0.4 is 4.74 Å². The first-order chi connectivity index (χ1) is 34.0. The van der Waals surface area contributed by atoms with Gasteiger partial charge >= 0.3 is 0 Å². The van der Waals surface area contributed by atoms with Gasteiger partial charge in [-0.2, -0.15) is 0 Å². The summed E-state index contributed by atoms with van der Waals surface area (Å²) in [7, 11) is 0. The topological polar surface area (TPSA) is 9.23 Å². The van der Waals surface area contributed by atoms with Crippen LogP contribution >= 0.6 is 0 Å². The van der Waals surface area contributed by atoms with Crippen LogP contribution in [0.4, 0.5) is 0 Å². The van der Waals surface area contributed by atoms with Gasteiger partial charge in [-0.25, -0.2) is 0 Å². The Labute approximate surface area is 302 Å². The van der Waals surface area contributed by atoms with Crippen molar-refractivity contribution >= 4 is 27.1 Å². The van der Waals surface area contributed by atoms with Crippen LogP contribution in [0.3, 0.4) is 0 Å². The van der Waals surface area contributed by atoms with E-state index in [2.05, 4.69) is 0 Å². The second kappa shape index (κ2) is 10.5. The third-order valence-corrected chi connectivity index (χ3v) is 7.47. The van der Waals surface area contributed by atoms with Crippen molar-refractivity contribution in [2.75, 3.05) is 0 Å². The summed E-state index contributed by atoms with van der Waals surface area (Å²) in [4.78, 5) is 0. The van der Waals surface area contributed by atoms with Crippen LogP contribution in [0.5, 0.6) is 5.75 Å². The minimum absolute atomic E-state index is 0.380. The molecular weight excluding hydrogens is 544 g/mol. The minimum Gasteiger partial charge on any atom is -0.485 e. The number of hydrogen-bond acceptors (Lipinski definition) is 1. The van der Waals surface area contributed by atoms with Gasteiger partial charge in [0.2, 0.25) is 0 Å². The molecule has 212 valence electrons. The van der Waals surface area contributed by atoms with Crippen molar-refractivity contribution in [3.05, 3.63) is 180 Å². The molecule has 7 aromatic rings. The van der Waals surface area contributed by atoms with E-state index in [0.29, 0.717) is 0 Å². The molecule has 1 heteroatoms. The van der Waals surface area contributed by atoms with Gasteiger partial charge in [-0.05, 0) is 78.2 Å². The van der Waals surface area contributed by atoms with Gasteiger partial charge in [-0.3, -0.25) is 0 Å². The molecule has 1 aliphatic carbocycles.